The SMILES string of the molecule is COc1cc2c(Oc3ccc(NC(=O)[C@@H]4C[C@H]4C)cc3F)ccnc2cc1OCCCN1CCNCC1. The minimum absolute atomic E-state index is 0.0123. The van der Waals surface area contributed by atoms with Crippen molar-refractivity contribution in [2.24, 2.45) is 11.8 Å². The number of rotatable bonds is 10. The van der Waals surface area contributed by atoms with Crippen molar-refractivity contribution in [3.05, 3.63) is 48.4 Å². The van der Waals surface area contributed by atoms with E-state index in [9.17, 15) is 9.18 Å². The van der Waals surface area contributed by atoms with Gasteiger partial charge in [-0.05, 0) is 43.0 Å². The summed E-state index contributed by atoms with van der Waals surface area (Å²) in [5, 5.41) is 6.81. The summed E-state index contributed by atoms with van der Waals surface area (Å²) in [6, 6.07) is 9.72. The molecule has 0 bridgehead atoms. The number of hydrogen-bond donors (Lipinski definition) is 2. The molecule has 5 rings (SSSR count). The van der Waals surface area contributed by atoms with Gasteiger partial charge in [0.15, 0.2) is 23.1 Å². The average Bonchev–Trinajstić information content (AvgIpc) is 3.65. The summed E-state index contributed by atoms with van der Waals surface area (Å²) in [6.07, 6.45) is 3.39. The molecule has 9 heteroatoms. The summed E-state index contributed by atoms with van der Waals surface area (Å²) < 4.78 is 32.4. The molecule has 0 unspecified atom stereocenters. The van der Waals surface area contributed by atoms with Gasteiger partial charge in [0.1, 0.15) is 5.75 Å². The van der Waals surface area contributed by atoms with E-state index >= 15 is 0 Å². The van der Waals surface area contributed by atoms with Crippen LogP contribution in [-0.4, -0.2) is 62.2 Å². The van der Waals surface area contributed by atoms with Gasteiger partial charge < -0.3 is 29.7 Å². The van der Waals surface area contributed by atoms with Crippen LogP contribution in [0.1, 0.15) is 19.8 Å². The van der Waals surface area contributed by atoms with Gasteiger partial charge in [-0.3, -0.25) is 9.78 Å². The molecule has 1 saturated heterocycles. The number of amides is 1. The number of halogens is 1. The molecule has 1 aliphatic heterocycles. The molecule has 2 atom stereocenters. The van der Waals surface area contributed by atoms with Gasteiger partial charge in [-0.15, -0.1) is 0 Å². The highest BCUT2D eigenvalue weighted by Gasteiger charge is 2.39. The number of fused-ring (bicyclic) bond motifs is 1. The predicted octanol–water partition coefficient (Wildman–Crippen LogP) is 4.44. The largest absolute Gasteiger partial charge is 0.493 e. The van der Waals surface area contributed by atoms with Crippen molar-refractivity contribution < 1.29 is 23.4 Å². The van der Waals surface area contributed by atoms with E-state index in [0.717, 1.165) is 45.6 Å². The number of ether oxygens (including phenoxy) is 3. The molecule has 2 aliphatic rings. The number of anilines is 1. The Bertz CT molecular complexity index is 1260. The molecule has 8 nitrogen and oxygen atoms in total. The Labute approximate surface area is 216 Å². The minimum Gasteiger partial charge on any atom is -0.493 e. The number of aromatic nitrogens is 1. The van der Waals surface area contributed by atoms with Crippen LogP contribution >= 0.6 is 0 Å². The monoisotopic (exact) mass is 508 g/mol. The Kier molecular flexibility index (Phi) is 7.71. The van der Waals surface area contributed by atoms with Crippen LogP contribution in [0.3, 0.4) is 0 Å². The van der Waals surface area contributed by atoms with Crippen LogP contribution in [0.25, 0.3) is 10.9 Å². The summed E-state index contributed by atoms with van der Waals surface area (Å²) in [7, 11) is 1.58. The quantitative estimate of drug-likeness (QED) is 0.392. The molecule has 2 fully saturated rings. The van der Waals surface area contributed by atoms with E-state index in [1.54, 1.807) is 31.5 Å². The molecule has 196 valence electrons. The molecule has 1 amide bonds. The van der Waals surface area contributed by atoms with Crippen molar-refractivity contribution in [2.45, 2.75) is 19.8 Å². The maximum absolute atomic E-state index is 14.9. The normalized spacial score (nSPS) is 19.4. The third-order valence-electron chi connectivity index (χ3n) is 6.94. The van der Waals surface area contributed by atoms with E-state index in [1.807, 2.05) is 13.0 Å². The second-order valence-electron chi connectivity index (χ2n) is 9.68. The van der Waals surface area contributed by atoms with Crippen LogP contribution < -0.4 is 24.8 Å². The van der Waals surface area contributed by atoms with Crippen molar-refractivity contribution in [3.8, 4) is 23.0 Å². The number of nitrogens with zero attached hydrogens (tertiary/aromatic N) is 2. The second-order valence-corrected chi connectivity index (χ2v) is 9.68. The van der Waals surface area contributed by atoms with E-state index < -0.39 is 5.82 Å². The molecule has 0 spiro atoms. The maximum atomic E-state index is 14.9. The van der Waals surface area contributed by atoms with Crippen molar-refractivity contribution in [1.82, 2.24) is 15.2 Å². The van der Waals surface area contributed by atoms with E-state index in [4.69, 9.17) is 14.2 Å². The molecule has 2 heterocycles. The van der Waals surface area contributed by atoms with E-state index in [1.165, 1.54) is 12.1 Å². The van der Waals surface area contributed by atoms with Gasteiger partial charge in [-0.2, -0.15) is 0 Å². The first-order valence-corrected chi connectivity index (χ1v) is 12.8. The van der Waals surface area contributed by atoms with Gasteiger partial charge in [0.05, 0.1) is 19.2 Å². The smallest absolute Gasteiger partial charge is 0.227 e. The first-order valence-electron chi connectivity index (χ1n) is 12.8. The first kappa shape index (κ1) is 25.2. The lowest BCUT2D eigenvalue weighted by Crippen LogP contribution is -2.43. The number of nitrogens with one attached hydrogen (secondary N) is 2. The first-order chi connectivity index (χ1) is 18.0. The van der Waals surface area contributed by atoms with Gasteiger partial charge in [-0.1, -0.05) is 6.92 Å². The lowest BCUT2D eigenvalue weighted by Gasteiger charge is -2.27. The highest BCUT2D eigenvalue weighted by Crippen LogP contribution is 2.39. The molecule has 3 aromatic rings. The molecule has 37 heavy (non-hydrogen) atoms. The van der Waals surface area contributed by atoms with Gasteiger partial charge >= 0.3 is 0 Å². The third-order valence-corrected chi connectivity index (χ3v) is 6.94. The summed E-state index contributed by atoms with van der Waals surface area (Å²) >= 11 is 0. The topological polar surface area (TPSA) is 85.0 Å². The third kappa shape index (κ3) is 6.11. The maximum Gasteiger partial charge on any atom is 0.227 e. The minimum atomic E-state index is -0.567. The van der Waals surface area contributed by atoms with Gasteiger partial charge in [0.2, 0.25) is 5.91 Å². The molecule has 0 radical (unpaired) electrons. The molecule has 1 aromatic heterocycles. The van der Waals surface area contributed by atoms with Crippen LogP contribution in [0, 0.1) is 17.7 Å². The summed E-state index contributed by atoms with van der Waals surface area (Å²) in [5.41, 5.74) is 1.06. The van der Waals surface area contributed by atoms with Crippen molar-refractivity contribution in [2.75, 3.05) is 51.8 Å². The standard InChI is InChI=1S/C28H33FN4O4/c1-18-14-20(18)28(34)32-19-4-5-25(22(29)15-19)37-24-6-7-31-23-17-27(26(35-2)16-21(23)24)36-13-3-10-33-11-8-30-9-12-33/h4-7,15-18,20,30H,3,8-14H2,1-2H3,(H,32,34)/t18-,20-/m1/s1. The molecule has 1 saturated carbocycles. The lowest BCUT2D eigenvalue weighted by molar-refractivity contribution is -0.117. The summed E-state index contributed by atoms with van der Waals surface area (Å²) in [6.45, 7) is 7.75. The number of benzene rings is 2. The van der Waals surface area contributed by atoms with Crippen molar-refractivity contribution >= 4 is 22.5 Å². The van der Waals surface area contributed by atoms with Crippen molar-refractivity contribution in [1.29, 1.82) is 0 Å². The predicted molar refractivity (Wildman–Crippen MR) is 140 cm³/mol. The second kappa shape index (κ2) is 11.3. The average molecular weight is 509 g/mol. The molecular formula is C28H33FN4O4. The Morgan fingerprint density at radius 3 is 2.68 bits per heavy atom. The van der Waals surface area contributed by atoms with Crippen LogP contribution in [0.4, 0.5) is 10.1 Å². The van der Waals surface area contributed by atoms with Crippen LogP contribution in [-0.2, 0) is 4.79 Å². The zero-order chi connectivity index (χ0) is 25.8. The number of piperazine rings is 1. The van der Waals surface area contributed by atoms with E-state index in [2.05, 4.69) is 20.5 Å². The fraction of sp³-hybridized carbons (Fsp3) is 0.429. The van der Waals surface area contributed by atoms with E-state index in [0.29, 0.717) is 46.4 Å². The zero-order valence-electron chi connectivity index (χ0n) is 21.3. The molecular weight excluding hydrogens is 475 g/mol. The zero-order valence-corrected chi connectivity index (χ0v) is 21.3. The fourth-order valence-electron chi connectivity index (χ4n) is 4.60. The number of carbonyl (C=O) groups excluding carboxylic acids is 1. The van der Waals surface area contributed by atoms with Gasteiger partial charge in [-0.25, -0.2) is 4.39 Å². The highest BCUT2D eigenvalue weighted by molar-refractivity contribution is 5.94. The summed E-state index contributed by atoms with van der Waals surface area (Å²) in [5.74, 6) is 1.41. The van der Waals surface area contributed by atoms with Crippen LogP contribution in [0.5, 0.6) is 23.0 Å². The van der Waals surface area contributed by atoms with Gasteiger partial charge in [0.25, 0.3) is 0 Å². The number of carbonyl (C=O) groups is 1. The van der Waals surface area contributed by atoms with Crippen LogP contribution in [0.15, 0.2) is 42.6 Å². The van der Waals surface area contributed by atoms with E-state index in [-0.39, 0.29) is 17.6 Å². The molecule has 2 N–H and O–H groups in total. The fourth-order valence-corrected chi connectivity index (χ4v) is 4.60. The number of pyridine rings is 1. The van der Waals surface area contributed by atoms with Gasteiger partial charge in [0, 0.05) is 68.0 Å². The Balaban J connectivity index is 1.27. The summed E-state index contributed by atoms with van der Waals surface area (Å²) in [4.78, 5) is 19.0. The van der Waals surface area contributed by atoms with Crippen molar-refractivity contribution in [3.63, 3.8) is 0 Å². The Morgan fingerprint density at radius 1 is 1.14 bits per heavy atom. The Hall–Kier alpha value is -3.43. The lowest BCUT2D eigenvalue weighted by atomic mass is 10.1. The molecule has 1 aliphatic carbocycles. The number of methoxy groups -OCH3 is 1. The Morgan fingerprint density at radius 2 is 1.95 bits per heavy atom. The van der Waals surface area contributed by atoms with Crippen LogP contribution in [0.2, 0.25) is 0 Å². The highest BCUT2D eigenvalue weighted by atomic mass is 19.1. The number of hydrogen-bond acceptors (Lipinski definition) is 7. The molecule has 2 aromatic carbocycles.